The van der Waals surface area contributed by atoms with Crippen LogP contribution in [0.2, 0.25) is 5.02 Å². The molecule has 2 aliphatic rings. The van der Waals surface area contributed by atoms with Gasteiger partial charge in [-0.3, -0.25) is 14.4 Å². The van der Waals surface area contributed by atoms with Gasteiger partial charge in [0.25, 0.3) is 11.8 Å². The molecule has 0 saturated heterocycles. The van der Waals surface area contributed by atoms with Gasteiger partial charge in [-0.25, -0.2) is 4.68 Å². The zero-order chi connectivity index (χ0) is 35.4. The van der Waals surface area contributed by atoms with E-state index in [0.29, 0.717) is 18.2 Å². The lowest BCUT2D eigenvalue weighted by Crippen LogP contribution is -2.48. The molecule has 3 N–H and O–H groups in total. The number of aromatic nitrogens is 2. The second-order valence-corrected chi connectivity index (χ2v) is 13.8. The van der Waals surface area contributed by atoms with Crippen molar-refractivity contribution in [3.63, 3.8) is 0 Å². The Kier molecular flexibility index (Phi) is 12.9. The largest absolute Gasteiger partial charge is 0.371 e. The monoisotopic (exact) mass is 711 g/mol. The van der Waals surface area contributed by atoms with E-state index >= 15 is 0 Å². The van der Waals surface area contributed by atoms with E-state index in [-0.39, 0.29) is 54.7 Å². The summed E-state index contributed by atoms with van der Waals surface area (Å²) >= 11 is 6.12. The predicted molar refractivity (Wildman–Crippen MR) is 195 cm³/mol. The molecule has 268 valence electrons. The van der Waals surface area contributed by atoms with Crippen LogP contribution >= 0.6 is 11.6 Å². The summed E-state index contributed by atoms with van der Waals surface area (Å²) < 4.78 is 13.9. The Morgan fingerprint density at radius 3 is 1.86 bits per heavy atom. The summed E-state index contributed by atoms with van der Waals surface area (Å²) in [5, 5.41) is 14.2. The van der Waals surface area contributed by atoms with Crippen molar-refractivity contribution >= 4 is 29.3 Å². The van der Waals surface area contributed by atoms with Crippen LogP contribution in [0.25, 0.3) is 0 Å². The summed E-state index contributed by atoms with van der Waals surface area (Å²) in [6.07, 6.45) is 6.92. The fraction of sp³-hybridized carbons (Fsp3) is 0.400. The molecule has 0 unspecified atom stereocenters. The summed E-state index contributed by atoms with van der Waals surface area (Å²) in [5.41, 5.74) is 3.13. The highest BCUT2D eigenvalue weighted by Crippen LogP contribution is 2.24. The Morgan fingerprint density at radius 1 is 0.686 bits per heavy atom. The van der Waals surface area contributed by atoms with Crippen molar-refractivity contribution in [2.24, 2.45) is 0 Å². The highest BCUT2D eigenvalue weighted by atomic mass is 35.5. The number of carbonyl (C=O) groups excluding carboxylic acids is 3. The Bertz CT molecular complexity index is 1750. The lowest BCUT2D eigenvalue weighted by molar-refractivity contribution is -0.124. The summed E-state index contributed by atoms with van der Waals surface area (Å²) in [5.74, 6) is -1.18. The van der Waals surface area contributed by atoms with Crippen molar-refractivity contribution in [3.05, 3.63) is 124 Å². The molecular weight excluding hydrogens is 666 g/mol. The Labute approximate surface area is 304 Å². The third-order valence-electron chi connectivity index (χ3n) is 9.56. The Hall–Kier alpha value is -4.51. The van der Waals surface area contributed by atoms with Gasteiger partial charge in [0.1, 0.15) is 12.2 Å². The first kappa shape index (κ1) is 36.3. The van der Waals surface area contributed by atoms with Gasteiger partial charge in [-0.2, -0.15) is 5.10 Å². The molecule has 0 spiro atoms. The molecule has 6 rings (SSSR count). The maximum absolute atomic E-state index is 13.9. The number of hydrogen-bond acceptors (Lipinski definition) is 6. The SMILES string of the molecule is O=C(Cn1nc(C(=O)NCc2cccc(Cl)c2)cc1C(=O)N[C@H]1CCCC[C@@H]1OCc1ccccc1)N[C@H]1CCCC[C@@H]1OCc1ccccc1. The number of rotatable bonds is 14. The molecule has 2 saturated carbocycles. The normalized spacial score (nSPS) is 20.3. The van der Waals surface area contributed by atoms with E-state index in [9.17, 15) is 14.4 Å². The van der Waals surface area contributed by atoms with Crippen molar-refractivity contribution in [3.8, 4) is 0 Å². The zero-order valence-corrected chi connectivity index (χ0v) is 29.5. The van der Waals surface area contributed by atoms with Crippen molar-refractivity contribution in [2.45, 2.75) is 102 Å². The van der Waals surface area contributed by atoms with Crippen LogP contribution in [0.1, 0.15) is 89.0 Å². The van der Waals surface area contributed by atoms with Gasteiger partial charge in [-0.05, 0) is 54.5 Å². The minimum atomic E-state index is -0.466. The molecule has 1 aromatic heterocycles. The van der Waals surface area contributed by atoms with Crippen LogP contribution in [0.4, 0.5) is 0 Å². The van der Waals surface area contributed by atoms with Gasteiger partial charge in [0.15, 0.2) is 5.69 Å². The van der Waals surface area contributed by atoms with Crippen LogP contribution in [-0.2, 0) is 40.6 Å². The Balaban J connectivity index is 1.15. The fourth-order valence-electron chi connectivity index (χ4n) is 6.86. The average Bonchev–Trinajstić information content (AvgIpc) is 3.58. The molecule has 4 aromatic rings. The average molecular weight is 712 g/mol. The van der Waals surface area contributed by atoms with E-state index in [1.54, 1.807) is 12.1 Å². The molecule has 4 atom stereocenters. The van der Waals surface area contributed by atoms with E-state index in [4.69, 9.17) is 21.1 Å². The van der Waals surface area contributed by atoms with Gasteiger partial charge >= 0.3 is 0 Å². The predicted octanol–water partition coefficient (Wildman–Crippen LogP) is 6.37. The number of carbonyl (C=O) groups is 3. The Morgan fingerprint density at radius 2 is 1.25 bits per heavy atom. The fourth-order valence-corrected chi connectivity index (χ4v) is 7.07. The summed E-state index contributed by atoms with van der Waals surface area (Å²) in [7, 11) is 0. The maximum Gasteiger partial charge on any atom is 0.272 e. The first-order chi connectivity index (χ1) is 24.9. The number of nitrogens with zero attached hydrogens (tertiary/aromatic N) is 2. The summed E-state index contributed by atoms with van der Waals surface area (Å²) in [4.78, 5) is 40.8. The molecular formula is C40H46ClN5O5. The summed E-state index contributed by atoms with van der Waals surface area (Å²) in [6.45, 7) is 0.907. The van der Waals surface area contributed by atoms with Crippen LogP contribution in [0.5, 0.6) is 0 Å². The highest BCUT2D eigenvalue weighted by molar-refractivity contribution is 6.30. The quantitative estimate of drug-likeness (QED) is 0.140. The second kappa shape index (κ2) is 18.1. The lowest BCUT2D eigenvalue weighted by Gasteiger charge is -2.32. The molecule has 51 heavy (non-hydrogen) atoms. The number of hydrogen-bond donors (Lipinski definition) is 3. The van der Waals surface area contributed by atoms with Crippen LogP contribution in [-0.4, -0.2) is 51.8 Å². The van der Waals surface area contributed by atoms with E-state index in [0.717, 1.165) is 68.1 Å². The minimum absolute atomic E-state index is 0.0391. The standard InChI is InChI=1S/C40H46ClN5O5/c41-31-17-11-16-30(22-31)24-42-39(48)34-23-35(40(49)44-33-19-8-10-21-37(33)51-27-29-14-5-2-6-15-29)46(45-34)25-38(47)43-32-18-7-9-20-36(32)50-26-28-12-3-1-4-13-28/h1-6,11-17,22-23,32-33,36-37H,7-10,18-21,24-27H2,(H,42,48)(H,43,47)(H,44,49)/t32-,33-,36-,37-/m0/s1. The number of nitrogens with one attached hydrogen (secondary N) is 3. The van der Waals surface area contributed by atoms with Gasteiger partial charge < -0.3 is 25.4 Å². The van der Waals surface area contributed by atoms with Gasteiger partial charge in [0, 0.05) is 17.6 Å². The first-order valence-corrected chi connectivity index (χ1v) is 18.3. The molecule has 3 aromatic carbocycles. The lowest BCUT2D eigenvalue weighted by atomic mass is 9.92. The van der Waals surface area contributed by atoms with E-state index in [2.05, 4.69) is 21.0 Å². The molecule has 0 bridgehead atoms. The van der Waals surface area contributed by atoms with Crippen LogP contribution < -0.4 is 16.0 Å². The van der Waals surface area contributed by atoms with E-state index < -0.39 is 11.8 Å². The van der Waals surface area contributed by atoms with Crippen molar-refractivity contribution < 1.29 is 23.9 Å². The zero-order valence-electron chi connectivity index (χ0n) is 28.8. The third-order valence-corrected chi connectivity index (χ3v) is 9.80. The number of ether oxygens (including phenoxy) is 2. The molecule has 1 heterocycles. The smallest absolute Gasteiger partial charge is 0.272 e. The van der Waals surface area contributed by atoms with Gasteiger partial charge in [0.2, 0.25) is 5.91 Å². The first-order valence-electron chi connectivity index (χ1n) is 17.9. The number of halogens is 1. The number of amides is 3. The molecule has 11 heteroatoms. The van der Waals surface area contributed by atoms with Crippen LogP contribution in [0.15, 0.2) is 91.0 Å². The number of benzene rings is 3. The third kappa shape index (κ3) is 10.5. The molecule has 10 nitrogen and oxygen atoms in total. The van der Waals surface area contributed by atoms with E-state index in [1.165, 1.54) is 10.7 Å². The molecule has 2 fully saturated rings. The molecule has 2 aliphatic carbocycles. The van der Waals surface area contributed by atoms with Crippen molar-refractivity contribution in [1.29, 1.82) is 0 Å². The van der Waals surface area contributed by atoms with E-state index in [1.807, 2.05) is 72.8 Å². The molecule has 3 amide bonds. The summed E-state index contributed by atoms with van der Waals surface area (Å²) in [6, 6.07) is 28.2. The van der Waals surface area contributed by atoms with Gasteiger partial charge in [-0.15, -0.1) is 0 Å². The molecule has 0 radical (unpaired) electrons. The highest BCUT2D eigenvalue weighted by Gasteiger charge is 2.31. The van der Waals surface area contributed by atoms with Crippen molar-refractivity contribution in [2.75, 3.05) is 0 Å². The van der Waals surface area contributed by atoms with Crippen LogP contribution in [0.3, 0.4) is 0 Å². The van der Waals surface area contributed by atoms with Crippen molar-refractivity contribution in [1.82, 2.24) is 25.7 Å². The van der Waals surface area contributed by atoms with Crippen LogP contribution in [0, 0.1) is 0 Å². The van der Waals surface area contributed by atoms with Gasteiger partial charge in [0.05, 0.1) is 37.5 Å². The second-order valence-electron chi connectivity index (χ2n) is 13.4. The topological polar surface area (TPSA) is 124 Å². The van der Waals surface area contributed by atoms with Gasteiger partial charge in [-0.1, -0.05) is 110 Å². The minimum Gasteiger partial charge on any atom is -0.371 e. The molecule has 0 aliphatic heterocycles. The maximum atomic E-state index is 13.9.